The smallest absolute Gasteiger partial charge is 0.293 e. The maximum Gasteiger partial charge on any atom is 0.293 e. The molecule has 0 amide bonds. The summed E-state index contributed by atoms with van der Waals surface area (Å²) >= 11 is 0. The zero-order valence-electron chi connectivity index (χ0n) is 19.7. The number of ketones is 1. The Morgan fingerprint density at radius 3 is 2.10 bits per heavy atom. The summed E-state index contributed by atoms with van der Waals surface area (Å²) in [4.78, 5) is 13.2. The molecule has 7 heteroatoms. The second-order valence-electron chi connectivity index (χ2n) is 7.94. The van der Waals surface area contributed by atoms with E-state index in [2.05, 4.69) is 26.8 Å². The molecule has 2 aliphatic carbocycles. The number of hydrogen-bond acceptors (Lipinski definition) is 6. The maximum absolute atomic E-state index is 13.2. The van der Waals surface area contributed by atoms with E-state index in [1.165, 1.54) is 14.2 Å². The van der Waals surface area contributed by atoms with E-state index < -0.39 is 14.1 Å². The fraction of sp³-hybridized carbons (Fsp3) is 0.542. The van der Waals surface area contributed by atoms with E-state index in [1.54, 1.807) is 20.3 Å². The molecule has 1 aromatic rings. The molecule has 0 bridgehead atoms. The lowest BCUT2D eigenvalue weighted by atomic mass is 9.77. The predicted molar refractivity (Wildman–Crippen MR) is 123 cm³/mol. The molecule has 0 atom stereocenters. The lowest BCUT2D eigenvalue weighted by Crippen LogP contribution is -2.47. The third-order valence-corrected chi connectivity index (χ3v) is 11.4. The van der Waals surface area contributed by atoms with Crippen LogP contribution in [0.2, 0.25) is 18.1 Å². The molecule has 0 unspecified atom stereocenters. The first-order valence-corrected chi connectivity index (χ1v) is 13.5. The first-order valence-electron chi connectivity index (χ1n) is 10.9. The van der Waals surface area contributed by atoms with Crippen molar-refractivity contribution in [2.45, 2.75) is 57.5 Å². The van der Waals surface area contributed by atoms with Gasteiger partial charge in [0.25, 0.3) is 14.1 Å². The van der Waals surface area contributed by atoms with Crippen molar-refractivity contribution in [1.29, 1.82) is 0 Å². The van der Waals surface area contributed by atoms with E-state index in [9.17, 15) is 4.79 Å². The summed E-state index contributed by atoms with van der Waals surface area (Å²) in [6.45, 7) is 6.60. The van der Waals surface area contributed by atoms with Gasteiger partial charge in [-0.3, -0.25) is 4.79 Å². The maximum atomic E-state index is 13.2. The van der Waals surface area contributed by atoms with Crippen molar-refractivity contribution in [3.8, 4) is 11.5 Å². The third kappa shape index (κ3) is 3.62. The van der Waals surface area contributed by atoms with Gasteiger partial charge in [0.05, 0.1) is 14.2 Å². The van der Waals surface area contributed by atoms with Crippen molar-refractivity contribution in [2.75, 3.05) is 28.4 Å². The summed E-state index contributed by atoms with van der Waals surface area (Å²) < 4.78 is 29.4. The quantitative estimate of drug-likeness (QED) is 0.398. The standard InChI is InChI=1S/C24H34O6Si/c1-8-31(9-2,10-3)30-22-19(26-4)14-12-16-11-13-17-18(21(16)22)15-20(25)24(28-6,29-7)23(17)27-5/h12,14-15H,8-11,13H2,1-7H3. The van der Waals surface area contributed by atoms with E-state index in [1.807, 2.05) is 6.07 Å². The molecular formula is C24H34O6Si. The minimum atomic E-state index is -1.99. The van der Waals surface area contributed by atoms with Gasteiger partial charge in [0.15, 0.2) is 17.3 Å². The zero-order valence-corrected chi connectivity index (χ0v) is 20.7. The normalized spacial score (nSPS) is 17.6. The van der Waals surface area contributed by atoms with Gasteiger partial charge in [-0.1, -0.05) is 26.8 Å². The highest BCUT2D eigenvalue weighted by Crippen LogP contribution is 2.50. The molecule has 0 fully saturated rings. The second-order valence-corrected chi connectivity index (χ2v) is 12.6. The van der Waals surface area contributed by atoms with Crippen molar-refractivity contribution < 1.29 is 28.2 Å². The first-order chi connectivity index (χ1) is 14.9. The van der Waals surface area contributed by atoms with Crippen LogP contribution in [0.1, 0.15) is 38.3 Å². The van der Waals surface area contributed by atoms with Crippen LogP contribution in [0, 0.1) is 0 Å². The number of rotatable bonds is 9. The Hall–Kier alpha value is -2.09. The molecule has 0 radical (unpaired) electrons. The minimum Gasteiger partial charge on any atom is -0.541 e. The number of carbonyl (C=O) groups excluding carboxylic acids is 1. The Kier molecular flexibility index (Phi) is 6.98. The van der Waals surface area contributed by atoms with Crippen LogP contribution in [0.3, 0.4) is 0 Å². The van der Waals surface area contributed by atoms with Gasteiger partial charge in [0.1, 0.15) is 0 Å². The SMILES string of the molecule is CC[Si](CC)(CC)Oc1c(OC)ccc2c1C1=CC(=O)C(OC)(OC)C(OC)=C1CC2. The molecule has 0 aliphatic heterocycles. The molecule has 1 aromatic carbocycles. The summed E-state index contributed by atoms with van der Waals surface area (Å²) in [5, 5.41) is 0. The number of methoxy groups -OCH3 is 4. The average molecular weight is 447 g/mol. The van der Waals surface area contributed by atoms with Crippen LogP contribution >= 0.6 is 0 Å². The summed E-state index contributed by atoms with van der Waals surface area (Å²) in [5.41, 5.74) is 3.79. The zero-order chi connectivity index (χ0) is 22.8. The molecule has 0 heterocycles. The van der Waals surface area contributed by atoms with E-state index in [0.29, 0.717) is 17.9 Å². The highest BCUT2D eigenvalue weighted by molar-refractivity contribution is 6.74. The van der Waals surface area contributed by atoms with Gasteiger partial charge in [-0.05, 0) is 54.3 Å². The van der Waals surface area contributed by atoms with Gasteiger partial charge in [0.2, 0.25) is 5.78 Å². The van der Waals surface area contributed by atoms with Crippen molar-refractivity contribution in [3.63, 3.8) is 0 Å². The van der Waals surface area contributed by atoms with Crippen LogP contribution in [-0.2, 0) is 25.4 Å². The molecule has 0 N–H and O–H groups in total. The molecule has 6 nitrogen and oxygen atoms in total. The highest BCUT2D eigenvalue weighted by Gasteiger charge is 2.50. The molecule has 2 aliphatic rings. The number of allylic oxidation sites excluding steroid dienone is 2. The highest BCUT2D eigenvalue weighted by atomic mass is 28.4. The third-order valence-electron chi connectivity index (χ3n) is 6.87. The summed E-state index contributed by atoms with van der Waals surface area (Å²) in [6.07, 6.45) is 3.13. The number of benzene rings is 1. The van der Waals surface area contributed by atoms with Crippen LogP contribution < -0.4 is 9.16 Å². The van der Waals surface area contributed by atoms with Gasteiger partial charge < -0.3 is 23.4 Å². The van der Waals surface area contributed by atoms with Crippen LogP contribution in [0.15, 0.2) is 29.5 Å². The summed E-state index contributed by atoms with van der Waals surface area (Å²) in [6, 6.07) is 7.06. The van der Waals surface area contributed by atoms with Gasteiger partial charge in [-0.25, -0.2) is 0 Å². The van der Waals surface area contributed by atoms with Crippen molar-refractivity contribution >= 4 is 19.7 Å². The van der Waals surface area contributed by atoms with Crippen LogP contribution in [0.5, 0.6) is 11.5 Å². The number of fused-ring (bicyclic) bond motifs is 3. The van der Waals surface area contributed by atoms with Gasteiger partial charge in [-0.2, -0.15) is 0 Å². The lowest BCUT2D eigenvalue weighted by Gasteiger charge is -2.38. The van der Waals surface area contributed by atoms with E-state index in [-0.39, 0.29) is 5.78 Å². The molecule has 0 aromatic heterocycles. The first kappa shape index (κ1) is 23.6. The topological polar surface area (TPSA) is 63.2 Å². The molecule has 0 spiro atoms. The van der Waals surface area contributed by atoms with Gasteiger partial charge >= 0.3 is 0 Å². The molecule has 3 rings (SSSR count). The fourth-order valence-electron chi connectivity index (χ4n) is 4.76. The van der Waals surface area contributed by atoms with E-state index in [0.717, 1.165) is 52.6 Å². The summed E-state index contributed by atoms with van der Waals surface area (Å²) in [7, 11) is 4.12. The van der Waals surface area contributed by atoms with E-state index in [4.69, 9.17) is 23.4 Å². The van der Waals surface area contributed by atoms with Crippen molar-refractivity contribution in [3.05, 3.63) is 40.7 Å². The molecule has 31 heavy (non-hydrogen) atoms. The Morgan fingerprint density at radius 2 is 1.58 bits per heavy atom. The molecule has 0 saturated heterocycles. The van der Waals surface area contributed by atoms with Gasteiger partial charge in [-0.15, -0.1) is 0 Å². The monoisotopic (exact) mass is 446 g/mol. The van der Waals surface area contributed by atoms with Crippen LogP contribution in [0.25, 0.3) is 5.57 Å². The lowest BCUT2D eigenvalue weighted by molar-refractivity contribution is -0.199. The predicted octanol–water partition coefficient (Wildman–Crippen LogP) is 4.88. The Balaban J connectivity index is 2.28. The molecular weight excluding hydrogens is 412 g/mol. The van der Waals surface area contributed by atoms with Crippen LogP contribution in [0.4, 0.5) is 0 Å². The number of carbonyl (C=O) groups is 1. The number of ether oxygens (including phenoxy) is 4. The fourth-order valence-corrected chi connectivity index (χ4v) is 7.33. The average Bonchev–Trinajstić information content (AvgIpc) is 2.81. The Bertz CT molecular complexity index is 901. The van der Waals surface area contributed by atoms with Crippen molar-refractivity contribution in [1.82, 2.24) is 0 Å². The molecule has 170 valence electrons. The van der Waals surface area contributed by atoms with Gasteiger partial charge in [0, 0.05) is 25.4 Å². The molecule has 0 saturated carbocycles. The minimum absolute atomic E-state index is 0.306. The van der Waals surface area contributed by atoms with E-state index >= 15 is 0 Å². The van der Waals surface area contributed by atoms with Crippen LogP contribution in [-0.4, -0.2) is 48.3 Å². The Labute approximate surface area is 186 Å². The number of aryl methyl sites for hydroxylation is 1. The van der Waals surface area contributed by atoms with Crippen molar-refractivity contribution in [2.24, 2.45) is 0 Å². The number of hydrogen-bond donors (Lipinski definition) is 0. The largest absolute Gasteiger partial charge is 0.541 e. The Morgan fingerprint density at radius 1 is 0.935 bits per heavy atom. The second kappa shape index (κ2) is 9.18. The summed E-state index contributed by atoms with van der Waals surface area (Å²) in [5.74, 6) is -0.0232.